The molecule has 1 N–H and O–H groups in total. The van der Waals surface area contributed by atoms with E-state index >= 15 is 0 Å². The molecular formula is C14H12Cl3N3OS. The minimum absolute atomic E-state index is 0.0799. The molecule has 0 bridgehead atoms. The van der Waals surface area contributed by atoms with Gasteiger partial charge >= 0.3 is 0 Å². The van der Waals surface area contributed by atoms with E-state index in [0.29, 0.717) is 27.4 Å². The monoisotopic (exact) mass is 375 g/mol. The molecule has 22 heavy (non-hydrogen) atoms. The molecule has 2 aromatic rings. The van der Waals surface area contributed by atoms with Crippen LogP contribution in [0.4, 0.5) is 0 Å². The van der Waals surface area contributed by atoms with Gasteiger partial charge in [-0.25, -0.2) is 9.97 Å². The topological polar surface area (TPSA) is 54.9 Å². The minimum Gasteiger partial charge on any atom is -0.355 e. The second-order valence-electron chi connectivity index (χ2n) is 4.32. The highest BCUT2D eigenvalue weighted by Crippen LogP contribution is 2.36. The molecule has 0 aliphatic carbocycles. The molecule has 0 saturated carbocycles. The fourth-order valence-corrected chi connectivity index (χ4v) is 3.63. The molecule has 4 nitrogen and oxygen atoms in total. The first-order valence-electron chi connectivity index (χ1n) is 6.34. The van der Waals surface area contributed by atoms with Crippen LogP contribution in [0.15, 0.2) is 35.7 Å². The number of nitrogens with one attached hydrogen (secondary N) is 1. The summed E-state index contributed by atoms with van der Waals surface area (Å²) in [6.07, 6.45) is 4.93. The molecule has 1 amide bonds. The Morgan fingerprint density at radius 2 is 1.77 bits per heavy atom. The van der Waals surface area contributed by atoms with Gasteiger partial charge in [0.15, 0.2) is 0 Å². The van der Waals surface area contributed by atoms with E-state index in [1.807, 2.05) is 0 Å². The van der Waals surface area contributed by atoms with Gasteiger partial charge in [0.25, 0.3) is 0 Å². The Bertz CT molecular complexity index is 632. The van der Waals surface area contributed by atoms with Crippen molar-refractivity contribution in [3.8, 4) is 0 Å². The number of aromatic nitrogens is 2. The Balaban J connectivity index is 1.77. The summed E-state index contributed by atoms with van der Waals surface area (Å²) in [5, 5.41) is 4.34. The lowest BCUT2D eigenvalue weighted by Crippen LogP contribution is -2.27. The largest absolute Gasteiger partial charge is 0.355 e. The predicted octanol–water partition coefficient (Wildman–Crippen LogP) is 3.89. The second-order valence-corrected chi connectivity index (χ2v) is 6.68. The van der Waals surface area contributed by atoms with Crippen molar-refractivity contribution in [1.29, 1.82) is 0 Å². The van der Waals surface area contributed by atoms with Crippen LogP contribution in [0.1, 0.15) is 5.56 Å². The zero-order valence-electron chi connectivity index (χ0n) is 11.4. The zero-order chi connectivity index (χ0) is 15.9. The molecule has 0 aliphatic rings. The molecule has 0 atom stereocenters. The predicted molar refractivity (Wildman–Crippen MR) is 90.9 cm³/mol. The Hall–Kier alpha value is -1.01. The SMILES string of the molecule is O=C(Cc1cncnc1)NCCSc1c(Cl)cc(Cl)cc1Cl. The van der Waals surface area contributed by atoms with Gasteiger partial charge in [-0.2, -0.15) is 0 Å². The van der Waals surface area contributed by atoms with Crippen molar-refractivity contribution in [2.45, 2.75) is 11.3 Å². The first kappa shape index (κ1) is 17.3. The van der Waals surface area contributed by atoms with E-state index in [2.05, 4.69) is 15.3 Å². The maximum absolute atomic E-state index is 11.8. The zero-order valence-corrected chi connectivity index (χ0v) is 14.4. The quantitative estimate of drug-likeness (QED) is 0.614. The number of amides is 1. The summed E-state index contributed by atoms with van der Waals surface area (Å²) in [6.45, 7) is 0.506. The van der Waals surface area contributed by atoms with Crippen LogP contribution in [0.5, 0.6) is 0 Å². The van der Waals surface area contributed by atoms with Crippen molar-refractivity contribution in [1.82, 2.24) is 15.3 Å². The summed E-state index contributed by atoms with van der Waals surface area (Å²) >= 11 is 19.5. The van der Waals surface area contributed by atoms with E-state index in [-0.39, 0.29) is 12.3 Å². The lowest BCUT2D eigenvalue weighted by molar-refractivity contribution is -0.120. The number of carbonyl (C=O) groups excluding carboxylic acids is 1. The molecule has 2 rings (SSSR count). The normalized spacial score (nSPS) is 10.5. The molecular weight excluding hydrogens is 365 g/mol. The summed E-state index contributed by atoms with van der Waals surface area (Å²) < 4.78 is 0. The van der Waals surface area contributed by atoms with Gasteiger partial charge in [-0.3, -0.25) is 4.79 Å². The van der Waals surface area contributed by atoms with Crippen LogP contribution < -0.4 is 5.32 Å². The van der Waals surface area contributed by atoms with Crippen molar-refractivity contribution >= 4 is 52.5 Å². The van der Waals surface area contributed by atoms with Crippen LogP contribution in [0, 0.1) is 0 Å². The fourth-order valence-electron chi connectivity index (χ4n) is 1.68. The number of rotatable bonds is 6. The van der Waals surface area contributed by atoms with Gasteiger partial charge in [0.05, 0.1) is 16.5 Å². The Kier molecular flexibility index (Phi) is 6.76. The highest BCUT2D eigenvalue weighted by molar-refractivity contribution is 7.99. The van der Waals surface area contributed by atoms with E-state index in [9.17, 15) is 4.79 Å². The van der Waals surface area contributed by atoms with Crippen LogP contribution in [0.25, 0.3) is 0 Å². The molecule has 0 radical (unpaired) electrons. The summed E-state index contributed by atoms with van der Waals surface area (Å²) in [7, 11) is 0. The molecule has 0 unspecified atom stereocenters. The van der Waals surface area contributed by atoms with Gasteiger partial charge in [-0.15, -0.1) is 11.8 Å². The van der Waals surface area contributed by atoms with Crippen molar-refractivity contribution < 1.29 is 4.79 Å². The third-order valence-corrected chi connectivity index (χ3v) is 4.79. The minimum atomic E-state index is -0.0799. The summed E-state index contributed by atoms with van der Waals surface area (Å²) in [5.41, 5.74) is 0.774. The molecule has 0 spiro atoms. The molecule has 8 heteroatoms. The third kappa shape index (κ3) is 5.32. The summed E-state index contributed by atoms with van der Waals surface area (Å²) in [6, 6.07) is 3.29. The lowest BCUT2D eigenvalue weighted by Gasteiger charge is -2.08. The van der Waals surface area contributed by atoms with Crippen LogP contribution in [-0.4, -0.2) is 28.2 Å². The third-order valence-electron chi connectivity index (χ3n) is 2.61. The van der Waals surface area contributed by atoms with Gasteiger partial charge < -0.3 is 5.32 Å². The number of thioether (sulfide) groups is 1. The van der Waals surface area contributed by atoms with E-state index in [4.69, 9.17) is 34.8 Å². The molecule has 0 fully saturated rings. The second kappa shape index (κ2) is 8.58. The molecule has 1 aromatic carbocycles. The Morgan fingerprint density at radius 3 is 2.41 bits per heavy atom. The molecule has 1 heterocycles. The van der Waals surface area contributed by atoms with Gasteiger partial charge in [0, 0.05) is 34.6 Å². The van der Waals surface area contributed by atoms with Crippen LogP contribution in [0.2, 0.25) is 15.1 Å². The van der Waals surface area contributed by atoms with E-state index < -0.39 is 0 Å². The number of carbonyl (C=O) groups is 1. The highest BCUT2D eigenvalue weighted by Gasteiger charge is 2.09. The Morgan fingerprint density at radius 1 is 1.14 bits per heavy atom. The lowest BCUT2D eigenvalue weighted by atomic mass is 10.2. The average Bonchev–Trinajstić information content (AvgIpc) is 2.46. The fraction of sp³-hybridized carbons (Fsp3) is 0.214. The van der Waals surface area contributed by atoms with Gasteiger partial charge in [-0.05, 0) is 17.7 Å². The molecule has 0 aliphatic heterocycles. The number of benzene rings is 1. The van der Waals surface area contributed by atoms with Crippen LogP contribution >= 0.6 is 46.6 Å². The maximum atomic E-state index is 11.8. The smallest absolute Gasteiger partial charge is 0.224 e. The van der Waals surface area contributed by atoms with Gasteiger partial charge in [0.1, 0.15) is 6.33 Å². The van der Waals surface area contributed by atoms with Crippen molar-refractivity contribution in [2.24, 2.45) is 0 Å². The molecule has 1 aromatic heterocycles. The summed E-state index contributed by atoms with van der Waals surface area (Å²) in [4.78, 5) is 20.2. The van der Waals surface area contributed by atoms with Crippen molar-refractivity contribution in [2.75, 3.05) is 12.3 Å². The number of nitrogens with zero attached hydrogens (tertiary/aromatic N) is 2. The highest BCUT2D eigenvalue weighted by atomic mass is 35.5. The van der Waals surface area contributed by atoms with E-state index in [1.165, 1.54) is 18.1 Å². The van der Waals surface area contributed by atoms with E-state index in [1.54, 1.807) is 24.5 Å². The summed E-state index contributed by atoms with van der Waals surface area (Å²) in [5.74, 6) is 0.571. The Labute approximate surface area is 147 Å². The first-order valence-corrected chi connectivity index (χ1v) is 8.46. The maximum Gasteiger partial charge on any atom is 0.224 e. The standard InChI is InChI=1S/C14H12Cl3N3OS/c15-10-4-11(16)14(12(17)5-10)22-2-1-20-13(21)3-9-6-18-8-19-7-9/h4-8H,1-3H2,(H,20,21). The number of hydrogen-bond acceptors (Lipinski definition) is 4. The van der Waals surface area contributed by atoms with E-state index in [0.717, 1.165) is 10.5 Å². The van der Waals surface area contributed by atoms with Crippen molar-refractivity contribution in [3.63, 3.8) is 0 Å². The van der Waals surface area contributed by atoms with Crippen LogP contribution in [0.3, 0.4) is 0 Å². The van der Waals surface area contributed by atoms with Gasteiger partial charge in [-0.1, -0.05) is 34.8 Å². The van der Waals surface area contributed by atoms with Crippen molar-refractivity contribution in [3.05, 3.63) is 51.5 Å². The number of hydrogen-bond donors (Lipinski definition) is 1. The first-order chi connectivity index (χ1) is 10.6. The van der Waals surface area contributed by atoms with Crippen LogP contribution in [-0.2, 0) is 11.2 Å². The molecule has 116 valence electrons. The average molecular weight is 377 g/mol. The number of halogens is 3. The van der Waals surface area contributed by atoms with Gasteiger partial charge in [0.2, 0.25) is 5.91 Å². The molecule has 0 saturated heterocycles.